The number of rotatable bonds is 9. The number of ether oxygens (including phenoxy) is 3. The molecule has 0 radical (unpaired) electrons. The summed E-state index contributed by atoms with van der Waals surface area (Å²) in [5, 5.41) is 8.65. The van der Waals surface area contributed by atoms with Crippen molar-refractivity contribution in [1.29, 1.82) is 0 Å². The van der Waals surface area contributed by atoms with Gasteiger partial charge in [0.2, 0.25) is 0 Å². The molecular formula is C19H21NO6. The van der Waals surface area contributed by atoms with Crippen molar-refractivity contribution in [2.75, 3.05) is 33.9 Å². The van der Waals surface area contributed by atoms with E-state index in [0.717, 1.165) is 0 Å². The van der Waals surface area contributed by atoms with Gasteiger partial charge in [-0.25, -0.2) is 4.79 Å². The van der Waals surface area contributed by atoms with Crippen LogP contribution in [0, 0.1) is 0 Å². The number of para-hydroxylation sites is 2. The van der Waals surface area contributed by atoms with Crippen LogP contribution in [0.15, 0.2) is 48.5 Å². The molecule has 7 nitrogen and oxygen atoms in total. The minimum Gasteiger partial charge on any atom is -0.493 e. The summed E-state index contributed by atoms with van der Waals surface area (Å²) in [6, 6.07) is 13.7. The molecule has 0 aromatic heterocycles. The van der Waals surface area contributed by atoms with E-state index in [0.29, 0.717) is 36.0 Å². The highest BCUT2D eigenvalue weighted by Crippen LogP contribution is 2.25. The van der Waals surface area contributed by atoms with E-state index in [1.54, 1.807) is 44.5 Å². The first-order chi connectivity index (χ1) is 12.5. The first kappa shape index (κ1) is 19.1. The van der Waals surface area contributed by atoms with Crippen molar-refractivity contribution < 1.29 is 28.9 Å². The second kappa shape index (κ2) is 9.31. The van der Waals surface area contributed by atoms with Crippen LogP contribution >= 0.6 is 0 Å². The molecule has 0 aliphatic heterocycles. The zero-order valence-corrected chi connectivity index (χ0v) is 14.7. The molecule has 2 aromatic rings. The molecule has 138 valence electrons. The third-order valence-corrected chi connectivity index (χ3v) is 3.54. The van der Waals surface area contributed by atoms with Crippen LogP contribution in [-0.4, -0.2) is 55.8 Å². The number of carboxylic acid groups (broad SMARTS) is 1. The maximum atomic E-state index is 12.5. The molecule has 1 N–H and O–H groups in total. The Morgan fingerprint density at radius 3 is 2.46 bits per heavy atom. The van der Waals surface area contributed by atoms with Crippen LogP contribution in [0.4, 0.5) is 0 Å². The minimum absolute atomic E-state index is 0.214. The topological polar surface area (TPSA) is 85.3 Å². The van der Waals surface area contributed by atoms with Crippen LogP contribution in [0.1, 0.15) is 10.4 Å². The van der Waals surface area contributed by atoms with Crippen molar-refractivity contribution in [3.05, 3.63) is 54.1 Å². The molecule has 0 atom stereocenters. The fourth-order valence-electron chi connectivity index (χ4n) is 2.22. The number of nitrogens with zero attached hydrogens (tertiary/aromatic N) is 1. The summed E-state index contributed by atoms with van der Waals surface area (Å²) in [6.45, 7) is 0.217. The van der Waals surface area contributed by atoms with Gasteiger partial charge in [0.25, 0.3) is 5.91 Å². The van der Waals surface area contributed by atoms with Crippen LogP contribution < -0.4 is 14.2 Å². The first-order valence-electron chi connectivity index (χ1n) is 7.97. The average molecular weight is 359 g/mol. The predicted octanol–water partition coefficient (Wildman–Crippen LogP) is 2.31. The quantitative estimate of drug-likeness (QED) is 0.739. The fraction of sp³-hybridized carbons (Fsp3) is 0.263. The summed E-state index contributed by atoms with van der Waals surface area (Å²) in [7, 11) is 3.23. The van der Waals surface area contributed by atoms with Crippen molar-refractivity contribution in [2.45, 2.75) is 0 Å². The zero-order valence-electron chi connectivity index (χ0n) is 14.7. The standard InChI is InChI=1S/C19H21NO6/c1-20(10-11-25-17-9-4-3-8-16(17)24-2)19(23)14-6-5-7-15(12-14)26-13-18(21)22/h3-9,12H,10-11,13H2,1-2H3,(H,21,22). The van der Waals surface area contributed by atoms with Crippen molar-refractivity contribution in [3.63, 3.8) is 0 Å². The molecule has 0 bridgehead atoms. The van der Waals surface area contributed by atoms with Crippen LogP contribution in [0.25, 0.3) is 0 Å². The normalized spacial score (nSPS) is 10.1. The van der Waals surface area contributed by atoms with E-state index in [2.05, 4.69) is 0 Å². The highest BCUT2D eigenvalue weighted by molar-refractivity contribution is 5.94. The van der Waals surface area contributed by atoms with E-state index in [9.17, 15) is 9.59 Å². The second-order valence-electron chi connectivity index (χ2n) is 5.44. The maximum absolute atomic E-state index is 12.5. The molecule has 0 spiro atoms. The average Bonchev–Trinajstić information content (AvgIpc) is 2.66. The third-order valence-electron chi connectivity index (χ3n) is 3.54. The summed E-state index contributed by atoms with van der Waals surface area (Å²) in [4.78, 5) is 24.6. The summed E-state index contributed by atoms with van der Waals surface area (Å²) in [5.74, 6) is 0.281. The van der Waals surface area contributed by atoms with Crippen molar-refractivity contribution >= 4 is 11.9 Å². The lowest BCUT2D eigenvalue weighted by Gasteiger charge is -2.18. The Morgan fingerprint density at radius 2 is 1.77 bits per heavy atom. The smallest absolute Gasteiger partial charge is 0.341 e. The number of methoxy groups -OCH3 is 1. The van der Waals surface area contributed by atoms with Gasteiger partial charge in [-0.05, 0) is 30.3 Å². The van der Waals surface area contributed by atoms with Crippen LogP contribution in [-0.2, 0) is 4.79 Å². The zero-order chi connectivity index (χ0) is 18.9. The molecule has 0 saturated carbocycles. The van der Waals surface area contributed by atoms with Gasteiger partial charge in [0.15, 0.2) is 18.1 Å². The van der Waals surface area contributed by atoms with Gasteiger partial charge in [-0.15, -0.1) is 0 Å². The largest absolute Gasteiger partial charge is 0.493 e. The predicted molar refractivity (Wildman–Crippen MR) is 95.0 cm³/mol. The Balaban J connectivity index is 1.91. The van der Waals surface area contributed by atoms with Crippen molar-refractivity contribution in [3.8, 4) is 17.2 Å². The molecule has 0 saturated heterocycles. The summed E-state index contributed by atoms with van der Waals surface area (Å²) >= 11 is 0. The van der Waals surface area contributed by atoms with Crippen LogP contribution in [0.3, 0.4) is 0 Å². The number of hydrogen-bond donors (Lipinski definition) is 1. The number of hydrogen-bond acceptors (Lipinski definition) is 5. The Kier molecular flexibility index (Phi) is 6.84. The lowest BCUT2D eigenvalue weighted by atomic mass is 10.2. The van der Waals surface area contributed by atoms with E-state index in [4.69, 9.17) is 19.3 Å². The molecule has 26 heavy (non-hydrogen) atoms. The second-order valence-corrected chi connectivity index (χ2v) is 5.44. The molecule has 0 unspecified atom stereocenters. The monoisotopic (exact) mass is 359 g/mol. The Hall–Kier alpha value is -3.22. The Morgan fingerprint density at radius 1 is 1.04 bits per heavy atom. The number of carbonyl (C=O) groups excluding carboxylic acids is 1. The minimum atomic E-state index is -1.08. The SMILES string of the molecule is COc1ccccc1OCCN(C)C(=O)c1cccc(OCC(=O)O)c1. The van der Waals surface area contributed by atoms with E-state index in [-0.39, 0.29) is 5.91 Å². The molecule has 7 heteroatoms. The molecule has 0 heterocycles. The number of aliphatic carboxylic acids is 1. The van der Waals surface area contributed by atoms with E-state index in [1.807, 2.05) is 12.1 Å². The lowest BCUT2D eigenvalue weighted by molar-refractivity contribution is -0.139. The van der Waals surface area contributed by atoms with Crippen molar-refractivity contribution in [2.24, 2.45) is 0 Å². The summed E-state index contributed by atoms with van der Waals surface area (Å²) < 4.78 is 16.0. The molecule has 1 amide bonds. The van der Waals surface area contributed by atoms with Gasteiger partial charge in [0.1, 0.15) is 12.4 Å². The molecule has 0 aliphatic rings. The molecule has 0 aliphatic carbocycles. The number of likely N-dealkylation sites (N-methyl/N-ethyl adjacent to an activating group) is 1. The highest BCUT2D eigenvalue weighted by atomic mass is 16.5. The van der Waals surface area contributed by atoms with Gasteiger partial charge in [0.05, 0.1) is 13.7 Å². The van der Waals surface area contributed by atoms with Crippen LogP contribution in [0.2, 0.25) is 0 Å². The van der Waals surface area contributed by atoms with Gasteiger partial charge >= 0.3 is 5.97 Å². The third kappa shape index (κ3) is 5.41. The van der Waals surface area contributed by atoms with E-state index in [1.165, 1.54) is 11.0 Å². The lowest BCUT2D eigenvalue weighted by Crippen LogP contribution is -2.30. The highest BCUT2D eigenvalue weighted by Gasteiger charge is 2.13. The van der Waals surface area contributed by atoms with E-state index >= 15 is 0 Å². The van der Waals surface area contributed by atoms with Gasteiger partial charge in [-0.2, -0.15) is 0 Å². The number of carbonyl (C=O) groups is 2. The Labute approximate surface area is 151 Å². The summed E-state index contributed by atoms with van der Waals surface area (Å²) in [5.41, 5.74) is 0.410. The molecule has 2 rings (SSSR count). The number of carboxylic acids is 1. The number of amides is 1. The molecule has 0 fully saturated rings. The number of benzene rings is 2. The van der Waals surface area contributed by atoms with Crippen LogP contribution in [0.5, 0.6) is 17.2 Å². The molecular weight excluding hydrogens is 338 g/mol. The van der Waals surface area contributed by atoms with Gasteiger partial charge in [0, 0.05) is 12.6 Å². The fourth-order valence-corrected chi connectivity index (χ4v) is 2.22. The van der Waals surface area contributed by atoms with E-state index < -0.39 is 12.6 Å². The maximum Gasteiger partial charge on any atom is 0.341 e. The summed E-state index contributed by atoms with van der Waals surface area (Å²) in [6.07, 6.45) is 0. The molecule has 2 aromatic carbocycles. The van der Waals surface area contributed by atoms with Gasteiger partial charge < -0.3 is 24.2 Å². The Bertz CT molecular complexity index is 761. The van der Waals surface area contributed by atoms with Crippen molar-refractivity contribution in [1.82, 2.24) is 4.90 Å². The van der Waals surface area contributed by atoms with Gasteiger partial charge in [-0.3, -0.25) is 4.79 Å². The first-order valence-corrected chi connectivity index (χ1v) is 7.97. The van der Waals surface area contributed by atoms with Gasteiger partial charge in [-0.1, -0.05) is 18.2 Å².